The molecule has 0 saturated heterocycles. The maximum Gasteiger partial charge on any atom is 0.221 e. The Labute approximate surface area is 128 Å². The summed E-state index contributed by atoms with van der Waals surface area (Å²) in [7, 11) is 1.63. The zero-order valence-electron chi connectivity index (χ0n) is 11.8. The maximum atomic E-state index is 9.00. The lowest BCUT2D eigenvalue weighted by Crippen LogP contribution is -2.07. The van der Waals surface area contributed by atoms with Crippen LogP contribution in [0.2, 0.25) is 5.15 Å². The number of aliphatic hydroxyl groups is 1. The Kier molecular flexibility index (Phi) is 5.36. The van der Waals surface area contributed by atoms with E-state index in [2.05, 4.69) is 9.97 Å². The van der Waals surface area contributed by atoms with Crippen molar-refractivity contribution in [1.82, 2.24) is 9.97 Å². The Hall–Kier alpha value is -1.85. The number of nitrogen functional groups attached to an aromatic ring is 1. The summed E-state index contributed by atoms with van der Waals surface area (Å²) in [5.41, 5.74) is 8.25. The highest BCUT2D eigenvalue weighted by Gasteiger charge is 2.14. The average Bonchev–Trinajstić information content (AvgIpc) is 2.48. The molecule has 0 radical (unpaired) electrons. The van der Waals surface area contributed by atoms with Gasteiger partial charge in [0.15, 0.2) is 0 Å². The molecule has 0 aliphatic carbocycles. The van der Waals surface area contributed by atoms with E-state index in [0.29, 0.717) is 24.4 Å². The Balaban J connectivity index is 2.38. The lowest BCUT2D eigenvalue weighted by Gasteiger charge is -2.13. The summed E-state index contributed by atoms with van der Waals surface area (Å²) in [6.07, 6.45) is 1.77. The van der Waals surface area contributed by atoms with Gasteiger partial charge in [0.1, 0.15) is 10.9 Å². The number of para-hydroxylation sites is 1. The number of methoxy groups -OCH3 is 1. The van der Waals surface area contributed by atoms with Crippen molar-refractivity contribution >= 4 is 17.5 Å². The van der Waals surface area contributed by atoms with Crippen LogP contribution in [-0.4, -0.2) is 28.8 Å². The zero-order valence-corrected chi connectivity index (χ0v) is 12.6. The number of aliphatic hydroxyl groups excluding tert-OH is 1. The summed E-state index contributed by atoms with van der Waals surface area (Å²) in [5, 5.41) is 9.35. The molecule has 0 aliphatic rings. The molecule has 1 aromatic carbocycles. The molecule has 0 spiro atoms. The lowest BCUT2D eigenvalue weighted by molar-refractivity contribution is 0.288. The quantitative estimate of drug-likeness (QED) is 0.800. The summed E-state index contributed by atoms with van der Waals surface area (Å²) >= 11 is 6.22. The lowest BCUT2D eigenvalue weighted by atomic mass is 10.0. The Bertz CT molecular complexity index is 620. The third-order valence-corrected chi connectivity index (χ3v) is 3.50. The molecule has 0 amide bonds. The molecule has 0 unspecified atom stereocenters. The van der Waals surface area contributed by atoms with Crippen molar-refractivity contribution in [2.24, 2.45) is 0 Å². The van der Waals surface area contributed by atoms with Crippen LogP contribution >= 0.6 is 11.6 Å². The van der Waals surface area contributed by atoms with Gasteiger partial charge in [0.05, 0.1) is 12.8 Å². The fourth-order valence-electron chi connectivity index (χ4n) is 2.19. The molecule has 3 N–H and O–H groups in total. The normalized spacial score (nSPS) is 10.6. The van der Waals surface area contributed by atoms with Crippen LogP contribution < -0.4 is 10.5 Å². The number of hydrogen-bond donors (Lipinski definition) is 2. The number of nitrogens with zero attached hydrogens (tertiary/aromatic N) is 2. The fourth-order valence-corrected chi connectivity index (χ4v) is 2.45. The molecule has 0 saturated carbocycles. The Morgan fingerprint density at radius 3 is 2.76 bits per heavy atom. The number of halogens is 1. The van der Waals surface area contributed by atoms with E-state index in [1.165, 1.54) is 0 Å². The van der Waals surface area contributed by atoms with Gasteiger partial charge in [-0.2, -0.15) is 0 Å². The summed E-state index contributed by atoms with van der Waals surface area (Å²) in [6, 6.07) is 7.73. The first kappa shape index (κ1) is 15.5. The van der Waals surface area contributed by atoms with Gasteiger partial charge in [-0.25, -0.2) is 9.97 Å². The first-order valence-electron chi connectivity index (χ1n) is 6.69. The van der Waals surface area contributed by atoms with E-state index in [1.807, 2.05) is 24.3 Å². The molecule has 112 valence electrons. The highest BCUT2D eigenvalue weighted by atomic mass is 35.5. The maximum absolute atomic E-state index is 9.00. The standard InChI is InChI=1S/C15H18ClN3O2/c1-21-13-7-3-2-5-10(13)9-11-12(6-4-8-20)18-15(17)19-14(11)16/h2-3,5,7,20H,4,6,8-9H2,1H3,(H2,17,18,19). The number of aromatic nitrogens is 2. The molecule has 6 heteroatoms. The molecule has 5 nitrogen and oxygen atoms in total. The highest BCUT2D eigenvalue weighted by Crippen LogP contribution is 2.26. The van der Waals surface area contributed by atoms with Gasteiger partial charge < -0.3 is 15.6 Å². The van der Waals surface area contributed by atoms with E-state index in [4.69, 9.17) is 27.2 Å². The van der Waals surface area contributed by atoms with Crippen molar-refractivity contribution in [2.75, 3.05) is 19.5 Å². The van der Waals surface area contributed by atoms with Crippen molar-refractivity contribution in [2.45, 2.75) is 19.3 Å². The van der Waals surface area contributed by atoms with Crippen molar-refractivity contribution in [1.29, 1.82) is 0 Å². The van der Waals surface area contributed by atoms with Crippen molar-refractivity contribution < 1.29 is 9.84 Å². The first-order valence-corrected chi connectivity index (χ1v) is 7.07. The number of benzene rings is 1. The minimum atomic E-state index is 0.0929. The molecule has 2 rings (SSSR count). The zero-order chi connectivity index (χ0) is 15.2. The van der Waals surface area contributed by atoms with Crippen LogP contribution in [0.25, 0.3) is 0 Å². The molecule has 1 heterocycles. The topological polar surface area (TPSA) is 81.3 Å². The summed E-state index contributed by atoms with van der Waals surface area (Å²) < 4.78 is 5.35. The molecule has 0 atom stereocenters. The predicted molar refractivity (Wildman–Crippen MR) is 82.7 cm³/mol. The first-order chi connectivity index (χ1) is 10.2. The van der Waals surface area contributed by atoms with Crippen LogP contribution in [-0.2, 0) is 12.8 Å². The fraction of sp³-hybridized carbons (Fsp3) is 0.333. The van der Waals surface area contributed by atoms with Crippen LogP contribution in [0.1, 0.15) is 23.2 Å². The summed E-state index contributed by atoms with van der Waals surface area (Å²) in [5.74, 6) is 0.940. The van der Waals surface area contributed by atoms with E-state index in [0.717, 1.165) is 22.6 Å². The van der Waals surface area contributed by atoms with Gasteiger partial charge in [0.2, 0.25) is 5.95 Å². The largest absolute Gasteiger partial charge is 0.496 e. The molecular weight excluding hydrogens is 290 g/mol. The summed E-state index contributed by atoms with van der Waals surface area (Å²) in [6.45, 7) is 0.0929. The molecule has 0 fully saturated rings. The summed E-state index contributed by atoms with van der Waals surface area (Å²) in [4.78, 5) is 8.28. The number of nitrogens with two attached hydrogens (primary N) is 1. The van der Waals surface area contributed by atoms with Gasteiger partial charge in [0, 0.05) is 18.6 Å². The van der Waals surface area contributed by atoms with Crippen LogP contribution in [0.3, 0.4) is 0 Å². The average molecular weight is 308 g/mol. The van der Waals surface area contributed by atoms with Crippen molar-refractivity contribution in [3.8, 4) is 5.75 Å². The van der Waals surface area contributed by atoms with Gasteiger partial charge in [-0.3, -0.25) is 0 Å². The second-order valence-electron chi connectivity index (χ2n) is 4.61. The van der Waals surface area contributed by atoms with Crippen LogP contribution in [0.15, 0.2) is 24.3 Å². The predicted octanol–water partition coefficient (Wildman–Crippen LogP) is 2.24. The third-order valence-electron chi connectivity index (χ3n) is 3.19. The number of rotatable bonds is 6. The Morgan fingerprint density at radius 1 is 1.29 bits per heavy atom. The smallest absolute Gasteiger partial charge is 0.221 e. The van der Waals surface area contributed by atoms with Gasteiger partial charge in [-0.15, -0.1) is 0 Å². The van der Waals surface area contributed by atoms with E-state index in [-0.39, 0.29) is 12.6 Å². The number of ether oxygens (including phenoxy) is 1. The van der Waals surface area contributed by atoms with E-state index in [9.17, 15) is 0 Å². The molecule has 0 aliphatic heterocycles. The minimum absolute atomic E-state index is 0.0929. The number of hydrogen-bond acceptors (Lipinski definition) is 5. The molecule has 2 aromatic rings. The van der Waals surface area contributed by atoms with Gasteiger partial charge >= 0.3 is 0 Å². The van der Waals surface area contributed by atoms with Crippen molar-refractivity contribution in [3.05, 3.63) is 46.2 Å². The van der Waals surface area contributed by atoms with Crippen LogP contribution in [0, 0.1) is 0 Å². The minimum Gasteiger partial charge on any atom is -0.496 e. The van der Waals surface area contributed by atoms with Gasteiger partial charge in [-0.1, -0.05) is 29.8 Å². The van der Waals surface area contributed by atoms with E-state index in [1.54, 1.807) is 7.11 Å². The molecule has 21 heavy (non-hydrogen) atoms. The highest BCUT2D eigenvalue weighted by molar-refractivity contribution is 6.30. The molecule has 1 aromatic heterocycles. The molecule has 0 bridgehead atoms. The van der Waals surface area contributed by atoms with Crippen molar-refractivity contribution in [3.63, 3.8) is 0 Å². The Morgan fingerprint density at radius 2 is 2.05 bits per heavy atom. The second kappa shape index (κ2) is 7.24. The van der Waals surface area contributed by atoms with Gasteiger partial charge in [0.25, 0.3) is 0 Å². The van der Waals surface area contributed by atoms with Gasteiger partial charge in [-0.05, 0) is 24.5 Å². The monoisotopic (exact) mass is 307 g/mol. The van der Waals surface area contributed by atoms with E-state index >= 15 is 0 Å². The number of anilines is 1. The second-order valence-corrected chi connectivity index (χ2v) is 4.97. The van der Waals surface area contributed by atoms with Crippen LogP contribution in [0.5, 0.6) is 5.75 Å². The van der Waals surface area contributed by atoms with Crippen LogP contribution in [0.4, 0.5) is 5.95 Å². The molecular formula is C15H18ClN3O2. The third kappa shape index (κ3) is 3.83. The SMILES string of the molecule is COc1ccccc1Cc1c(Cl)nc(N)nc1CCCO. The van der Waals surface area contributed by atoms with E-state index < -0.39 is 0 Å². The number of aryl methyl sites for hydroxylation is 1.